The van der Waals surface area contributed by atoms with Crippen molar-refractivity contribution in [2.24, 2.45) is 7.05 Å². The van der Waals surface area contributed by atoms with Gasteiger partial charge in [0.25, 0.3) is 0 Å². The molecular weight excluding hydrogens is 485 g/mol. The van der Waals surface area contributed by atoms with Gasteiger partial charge in [-0.15, -0.1) is 0 Å². The van der Waals surface area contributed by atoms with E-state index in [4.69, 9.17) is 0 Å². The SMILES string of the molecule is Cn1cc(-c2cc(C#N)ccc2C2NC(=O)N(c3cccc(C(F)(F)F)c3)C3=C2C(=O)CC3)ccc1=O. The molecule has 2 aromatic carbocycles. The fourth-order valence-electron chi connectivity index (χ4n) is 4.81. The molecule has 1 atom stereocenters. The second-order valence-corrected chi connectivity index (χ2v) is 8.83. The number of allylic oxidation sites excluding steroid dienone is 1. The lowest BCUT2D eigenvalue weighted by Crippen LogP contribution is -2.47. The number of anilines is 1. The minimum absolute atomic E-state index is 0.00564. The standard InChI is InChI=1S/C27H19F3N4O3/c1-33-14-16(6-10-23(33)36)20-11-15(13-31)5-7-19(20)25-24-21(8-9-22(24)35)34(26(37)32-25)18-4-2-3-17(12-18)27(28,29)30/h2-7,10-12,14,25H,8-9H2,1H3,(H,32,37). The molecule has 1 aliphatic carbocycles. The molecule has 0 fully saturated rings. The van der Waals surface area contributed by atoms with E-state index in [1.54, 1.807) is 37.5 Å². The minimum atomic E-state index is -4.60. The second kappa shape index (κ2) is 8.78. The Bertz CT molecular complexity index is 1600. The predicted molar refractivity (Wildman–Crippen MR) is 128 cm³/mol. The zero-order valence-electron chi connectivity index (χ0n) is 19.5. The predicted octanol–water partition coefficient (Wildman–Crippen LogP) is 4.83. The Hall–Kier alpha value is -4.65. The van der Waals surface area contributed by atoms with Gasteiger partial charge >= 0.3 is 12.2 Å². The lowest BCUT2D eigenvalue weighted by atomic mass is 9.88. The molecule has 37 heavy (non-hydrogen) atoms. The van der Waals surface area contributed by atoms with Crippen molar-refractivity contribution in [3.8, 4) is 17.2 Å². The van der Waals surface area contributed by atoms with Gasteiger partial charge in [0.2, 0.25) is 5.56 Å². The van der Waals surface area contributed by atoms with Crippen LogP contribution in [0.5, 0.6) is 0 Å². The average molecular weight is 504 g/mol. The number of carbonyl (C=O) groups is 2. The fourth-order valence-corrected chi connectivity index (χ4v) is 4.81. The molecule has 3 aromatic rings. The number of hydrogen-bond acceptors (Lipinski definition) is 4. The summed E-state index contributed by atoms with van der Waals surface area (Å²) in [5.74, 6) is -0.229. The number of urea groups is 1. The van der Waals surface area contributed by atoms with E-state index in [1.165, 1.54) is 22.8 Å². The van der Waals surface area contributed by atoms with E-state index in [1.807, 2.05) is 0 Å². The highest BCUT2D eigenvalue weighted by atomic mass is 19.4. The van der Waals surface area contributed by atoms with E-state index in [2.05, 4.69) is 11.4 Å². The number of nitriles is 1. The third-order valence-corrected chi connectivity index (χ3v) is 6.55. The van der Waals surface area contributed by atoms with E-state index in [9.17, 15) is 32.8 Å². The smallest absolute Gasteiger partial charge is 0.326 e. The van der Waals surface area contributed by atoms with Gasteiger partial charge in [-0.2, -0.15) is 18.4 Å². The molecule has 7 nitrogen and oxygen atoms in total. The first-order valence-electron chi connectivity index (χ1n) is 11.3. The number of nitrogens with zero attached hydrogens (tertiary/aromatic N) is 3. The number of alkyl halides is 3. The largest absolute Gasteiger partial charge is 0.416 e. The van der Waals surface area contributed by atoms with Crippen molar-refractivity contribution in [1.82, 2.24) is 9.88 Å². The number of carbonyl (C=O) groups excluding carboxylic acids is 2. The van der Waals surface area contributed by atoms with Gasteiger partial charge in [0.05, 0.1) is 28.9 Å². The van der Waals surface area contributed by atoms with Crippen molar-refractivity contribution in [2.45, 2.75) is 25.1 Å². The Balaban J connectivity index is 1.67. The van der Waals surface area contributed by atoms with E-state index in [0.717, 1.165) is 17.0 Å². The quantitative estimate of drug-likeness (QED) is 0.553. The van der Waals surface area contributed by atoms with Crippen molar-refractivity contribution < 1.29 is 22.8 Å². The highest BCUT2D eigenvalue weighted by Gasteiger charge is 2.42. The molecule has 1 aromatic heterocycles. The molecule has 2 heterocycles. The molecule has 1 unspecified atom stereocenters. The second-order valence-electron chi connectivity index (χ2n) is 8.83. The Labute approximate surface area is 209 Å². The van der Waals surface area contributed by atoms with Crippen LogP contribution in [0.25, 0.3) is 11.1 Å². The Morgan fingerprint density at radius 2 is 1.81 bits per heavy atom. The Kier molecular flexibility index (Phi) is 5.71. The molecule has 0 spiro atoms. The van der Waals surface area contributed by atoms with Gasteiger partial charge in [-0.25, -0.2) is 4.79 Å². The zero-order chi connectivity index (χ0) is 26.5. The van der Waals surface area contributed by atoms with Crippen molar-refractivity contribution in [3.63, 3.8) is 0 Å². The molecule has 0 saturated heterocycles. The van der Waals surface area contributed by atoms with Crippen molar-refractivity contribution >= 4 is 17.5 Å². The van der Waals surface area contributed by atoms with Gasteiger partial charge in [0, 0.05) is 37.0 Å². The van der Waals surface area contributed by atoms with Crippen LogP contribution in [0.15, 0.2) is 76.9 Å². The molecule has 10 heteroatoms. The number of aryl methyl sites for hydroxylation is 1. The molecule has 2 aliphatic rings. The summed E-state index contributed by atoms with van der Waals surface area (Å²) in [6.45, 7) is 0. The van der Waals surface area contributed by atoms with Gasteiger partial charge in [-0.1, -0.05) is 12.1 Å². The number of rotatable bonds is 3. The summed E-state index contributed by atoms with van der Waals surface area (Å²) in [5, 5.41) is 12.2. The Morgan fingerprint density at radius 3 is 2.51 bits per heavy atom. The Morgan fingerprint density at radius 1 is 1.03 bits per heavy atom. The number of amides is 2. The molecule has 186 valence electrons. The lowest BCUT2D eigenvalue weighted by molar-refractivity contribution is -0.137. The third kappa shape index (κ3) is 4.18. The molecule has 5 rings (SSSR count). The highest BCUT2D eigenvalue weighted by Crippen LogP contribution is 2.43. The number of hydrogen-bond donors (Lipinski definition) is 1. The monoisotopic (exact) mass is 504 g/mol. The van der Waals surface area contributed by atoms with Crippen LogP contribution in [0.4, 0.5) is 23.7 Å². The molecule has 0 radical (unpaired) electrons. The summed E-state index contributed by atoms with van der Waals surface area (Å²) >= 11 is 0. The van der Waals surface area contributed by atoms with Crippen molar-refractivity contribution in [3.05, 3.63) is 99.1 Å². The minimum Gasteiger partial charge on any atom is -0.326 e. The number of aromatic nitrogens is 1. The first-order chi connectivity index (χ1) is 17.6. The first-order valence-corrected chi connectivity index (χ1v) is 11.3. The maximum Gasteiger partial charge on any atom is 0.416 e. The van der Waals surface area contributed by atoms with Crippen LogP contribution in [0.1, 0.15) is 35.6 Å². The van der Waals surface area contributed by atoms with Crippen LogP contribution in [0.2, 0.25) is 0 Å². The fraction of sp³-hybridized carbons (Fsp3) is 0.185. The van der Waals surface area contributed by atoms with Crippen molar-refractivity contribution in [1.29, 1.82) is 5.26 Å². The highest BCUT2D eigenvalue weighted by molar-refractivity contribution is 6.08. The molecule has 1 N–H and O–H groups in total. The maximum absolute atomic E-state index is 13.3. The van der Waals surface area contributed by atoms with Gasteiger partial charge in [0.1, 0.15) is 0 Å². The summed E-state index contributed by atoms with van der Waals surface area (Å²) < 4.78 is 41.4. The summed E-state index contributed by atoms with van der Waals surface area (Å²) in [5.41, 5.74) is 1.49. The number of benzene rings is 2. The van der Waals surface area contributed by atoms with Crippen LogP contribution in [0.3, 0.4) is 0 Å². The number of ketones is 1. The number of Topliss-reactive ketones (excluding diaryl/α,β-unsaturated/α-hetero) is 1. The van der Waals surface area contributed by atoms with Crippen molar-refractivity contribution in [2.75, 3.05) is 4.90 Å². The maximum atomic E-state index is 13.3. The van der Waals surface area contributed by atoms with E-state index >= 15 is 0 Å². The van der Waals surface area contributed by atoms with Gasteiger partial charge in [-0.3, -0.25) is 14.5 Å². The molecule has 1 aliphatic heterocycles. The van der Waals surface area contributed by atoms with Gasteiger partial charge < -0.3 is 9.88 Å². The van der Waals surface area contributed by atoms with Crippen LogP contribution in [-0.2, 0) is 18.0 Å². The third-order valence-electron chi connectivity index (χ3n) is 6.55. The van der Waals surface area contributed by atoms with Gasteiger partial charge in [0.15, 0.2) is 5.78 Å². The molecular formula is C27H19F3N4O3. The van der Waals surface area contributed by atoms with E-state index < -0.39 is 23.8 Å². The normalized spacial score (nSPS) is 17.5. The first kappa shape index (κ1) is 24.1. The summed E-state index contributed by atoms with van der Waals surface area (Å²) in [7, 11) is 1.58. The number of halogens is 3. The zero-order valence-corrected chi connectivity index (χ0v) is 19.5. The molecule has 0 saturated carbocycles. The lowest BCUT2D eigenvalue weighted by Gasteiger charge is -2.35. The van der Waals surface area contributed by atoms with Crippen LogP contribution in [-0.4, -0.2) is 16.4 Å². The van der Waals surface area contributed by atoms with Crippen LogP contribution >= 0.6 is 0 Å². The van der Waals surface area contributed by atoms with E-state index in [0.29, 0.717) is 28.0 Å². The van der Waals surface area contributed by atoms with E-state index in [-0.39, 0.29) is 35.4 Å². The van der Waals surface area contributed by atoms with Crippen LogP contribution < -0.4 is 15.8 Å². The number of nitrogens with one attached hydrogen (secondary N) is 1. The summed E-state index contributed by atoms with van der Waals surface area (Å²) in [6, 6.07) is 12.7. The molecule has 0 bridgehead atoms. The summed E-state index contributed by atoms with van der Waals surface area (Å²) in [6.07, 6.45) is -2.70. The number of pyridine rings is 1. The summed E-state index contributed by atoms with van der Waals surface area (Å²) in [4.78, 5) is 39.5. The topological polar surface area (TPSA) is 95.2 Å². The van der Waals surface area contributed by atoms with Crippen LogP contribution in [0, 0.1) is 11.3 Å². The van der Waals surface area contributed by atoms with Gasteiger partial charge in [-0.05, 0) is 59.5 Å². The average Bonchev–Trinajstić information content (AvgIpc) is 3.25. The molecule has 2 amide bonds.